The summed E-state index contributed by atoms with van der Waals surface area (Å²) in [6, 6.07) is 3.06. The average molecular weight is 405 g/mol. The van der Waals surface area contributed by atoms with Crippen LogP contribution in [0.25, 0.3) is 0 Å². The molecule has 0 aliphatic carbocycles. The van der Waals surface area contributed by atoms with Crippen molar-refractivity contribution in [3.8, 4) is 5.75 Å². The summed E-state index contributed by atoms with van der Waals surface area (Å²) in [6.07, 6.45) is 1.78. The lowest BCUT2D eigenvalue weighted by Crippen LogP contribution is -2.46. The van der Waals surface area contributed by atoms with E-state index in [0.29, 0.717) is 17.7 Å². The molecule has 2 amide bonds. The molecule has 29 heavy (non-hydrogen) atoms. The smallest absolute Gasteiger partial charge is 0.338 e. The molecule has 1 aromatic carbocycles. The first-order chi connectivity index (χ1) is 13.8. The van der Waals surface area contributed by atoms with Crippen molar-refractivity contribution in [1.29, 1.82) is 0 Å². The number of nitro benzene ring substituents is 1. The quantitative estimate of drug-likeness (QED) is 0.367. The van der Waals surface area contributed by atoms with Gasteiger partial charge in [0.05, 0.1) is 29.2 Å². The summed E-state index contributed by atoms with van der Waals surface area (Å²) < 4.78 is 10.7. The molecular weight excluding hydrogens is 378 g/mol. The summed E-state index contributed by atoms with van der Waals surface area (Å²) in [5.41, 5.74) is 0.900. The van der Waals surface area contributed by atoms with E-state index in [9.17, 15) is 19.7 Å². The topological polar surface area (TPSA) is 120 Å². The Kier molecular flexibility index (Phi) is 7.58. The van der Waals surface area contributed by atoms with Crippen molar-refractivity contribution >= 4 is 17.7 Å². The Labute approximate surface area is 169 Å². The number of hydrogen-bond acceptors (Lipinski definition) is 6. The molecule has 0 saturated carbocycles. The highest BCUT2D eigenvalue weighted by Crippen LogP contribution is 2.35. The van der Waals surface area contributed by atoms with Crippen molar-refractivity contribution in [2.75, 3.05) is 6.61 Å². The number of nitro groups is 1. The molecule has 2 rings (SSSR count). The number of rotatable bonds is 9. The van der Waals surface area contributed by atoms with Crippen LogP contribution in [0.1, 0.15) is 58.6 Å². The highest BCUT2D eigenvalue weighted by molar-refractivity contribution is 5.95. The Hall–Kier alpha value is -3.10. The Morgan fingerprint density at radius 1 is 1.31 bits per heavy atom. The summed E-state index contributed by atoms with van der Waals surface area (Å²) in [7, 11) is 0. The fraction of sp³-hybridized carbons (Fsp3) is 0.500. The van der Waals surface area contributed by atoms with E-state index in [1.54, 1.807) is 26.8 Å². The van der Waals surface area contributed by atoms with Crippen molar-refractivity contribution in [3.63, 3.8) is 0 Å². The van der Waals surface area contributed by atoms with Crippen LogP contribution in [0.3, 0.4) is 0 Å². The molecular formula is C20H27N3O6. The first kappa shape index (κ1) is 22.2. The standard InChI is InChI=1S/C20H27N3O6/c1-5-7-8-14-17(19(24)29-12(3)4)18(22-20(25)21-14)13-9-10-16(28-6-2)15(11-13)23(26)27/h9-12,18H,5-8H2,1-4H3,(H2,21,22,25). The van der Waals surface area contributed by atoms with E-state index in [2.05, 4.69) is 10.6 Å². The molecule has 1 aromatic rings. The van der Waals surface area contributed by atoms with E-state index in [1.165, 1.54) is 12.1 Å². The molecule has 0 radical (unpaired) electrons. The number of urea groups is 1. The zero-order valence-electron chi connectivity index (χ0n) is 17.1. The maximum atomic E-state index is 12.8. The molecule has 9 heteroatoms. The number of benzene rings is 1. The van der Waals surface area contributed by atoms with Gasteiger partial charge in [-0.15, -0.1) is 0 Å². The van der Waals surface area contributed by atoms with E-state index in [0.717, 1.165) is 12.8 Å². The number of unbranched alkanes of at least 4 members (excludes halogenated alkanes) is 1. The third kappa shape index (κ3) is 5.46. The lowest BCUT2D eigenvalue weighted by Gasteiger charge is -2.30. The van der Waals surface area contributed by atoms with Gasteiger partial charge in [-0.1, -0.05) is 19.4 Å². The molecule has 158 valence electrons. The molecule has 0 bridgehead atoms. The number of carbonyl (C=O) groups is 2. The van der Waals surface area contributed by atoms with E-state index in [1.807, 2.05) is 6.92 Å². The molecule has 0 aromatic heterocycles. The Balaban J connectivity index is 2.56. The fourth-order valence-corrected chi connectivity index (χ4v) is 3.07. The normalized spacial score (nSPS) is 16.3. The molecule has 9 nitrogen and oxygen atoms in total. The van der Waals surface area contributed by atoms with Crippen molar-refractivity contribution in [3.05, 3.63) is 45.1 Å². The second-order valence-corrected chi connectivity index (χ2v) is 6.90. The minimum absolute atomic E-state index is 0.128. The van der Waals surface area contributed by atoms with Crippen molar-refractivity contribution in [2.45, 2.75) is 59.1 Å². The van der Waals surface area contributed by atoms with Crippen LogP contribution in [-0.2, 0) is 9.53 Å². The third-order valence-corrected chi connectivity index (χ3v) is 4.31. The minimum atomic E-state index is -0.865. The second kappa shape index (κ2) is 9.90. The molecule has 0 saturated heterocycles. The Morgan fingerprint density at radius 2 is 2.03 bits per heavy atom. The van der Waals surface area contributed by atoms with Gasteiger partial charge in [-0.3, -0.25) is 10.1 Å². The van der Waals surface area contributed by atoms with Crippen LogP contribution in [0.2, 0.25) is 0 Å². The molecule has 1 aliphatic rings. The number of ether oxygens (including phenoxy) is 2. The zero-order chi connectivity index (χ0) is 21.6. The summed E-state index contributed by atoms with van der Waals surface area (Å²) >= 11 is 0. The summed E-state index contributed by atoms with van der Waals surface area (Å²) in [5, 5.41) is 16.9. The lowest BCUT2D eigenvalue weighted by atomic mass is 9.93. The maximum absolute atomic E-state index is 12.8. The molecule has 1 aliphatic heterocycles. The number of allylic oxidation sites excluding steroid dienone is 1. The second-order valence-electron chi connectivity index (χ2n) is 6.90. The minimum Gasteiger partial charge on any atom is -0.487 e. The first-order valence-corrected chi connectivity index (χ1v) is 9.71. The van der Waals surface area contributed by atoms with Gasteiger partial charge < -0.3 is 20.1 Å². The van der Waals surface area contributed by atoms with Crippen molar-refractivity contribution < 1.29 is 24.0 Å². The van der Waals surface area contributed by atoms with Gasteiger partial charge >= 0.3 is 17.7 Å². The van der Waals surface area contributed by atoms with Gasteiger partial charge in [0.15, 0.2) is 5.75 Å². The van der Waals surface area contributed by atoms with Gasteiger partial charge in [0, 0.05) is 11.8 Å². The van der Waals surface area contributed by atoms with Gasteiger partial charge in [-0.05, 0) is 45.2 Å². The highest BCUT2D eigenvalue weighted by atomic mass is 16.6. The Morgan fingerprint density at radius 3 is 2.62 bits per heavy atom. The van der Waals surface area contributed by atoms with E-state index >= 15 is 0 Å². The fourth-order valence-electron chi connectivity index (χ4n) is 3.07. The van der Waals surface area contributed by atoms with E-state index < -0.39 is 23.0 Å². The van der Waals surface area contributed by atoms with Gasteiger partial charge in [-0.25, -0.2) is 9.59 Å². The molecule has 2 N–H and O–H groups in total. The van der Waals surface area contributed by atoms with Gasteiger partial charge in [0.25, 0.3) is 0 Å². The molecule has 0 fully saturated rings. The maximum Gasteiger partial charge on any atom is 0.338 e. The molecule has 1 unspecified atom stereocenters. The molecule has 1 atom stereocenters. The van der Waals surface area contributed by atoms with Crippen molar-refractivity contribution in [1.82, 2.24) is 10.6 Å². The van der Waals surface area contributed by atoms with Crippen LogP contribution in [0.5, 0.6) is 5.75 Å². The van der Waals surface area contributed by atoms with Crippen LogP contribution >= 0.6 is 0 Å². The largest absolute Gasteiger partial charge is 0.487 e. The van der Waals surface area contributed by atoms with E-state index in [4.69, 9.17) is 9.47 Å². The Bertz CT molecular complexity index is 818. The van der Waals surface area contributed by atoms with Gasteiger partial charge in [0.2, 0.25) is 0 Å². The predicted molar refractivity (Wildman–Crippen MR) is 106 cm³/mol. The highest BCUT2D eigenvalue weighted by Gasteiger charge is 2.35. The number of carbonyl (C=O) groups excluding carboxylic acids is 2. The van der Waals surface area contributed by atoms with Crippen LogP contribution in [0.15, 0.2) is 29.5 Å². The number of amides is 2. The van der Waals surface area contributed by atoms with Gasteiger partial charge in [0.1, 0.15) is 0 Å². The summed E-state index contributed by atoms with van der Waals surface area (Å²) in [6.45, 7) is 7.47. The number of nitrogens with zero attached hydrogens (tertiary/aromatic N) is 1. The van der Waals surface area contributed by atoms with Crippen LogP contribution in [0, 0.1) is 10.1 Å². The average Bonchev–Trinajstić information content (AvgIpc) is 2.65. The number of esters is 1. The number of nitrogens with one attached hydrogen (secondary N) is 2. The monoisotopic (exact) mass is 405 g/mol. The van der Waals surface area contributed by atoms with Gasteiger partial charge in [-0.2, -0.15) is 0 Å². The zero-order valence-corrected chi connectivity index (χ0v) is 17.1. The predicted octanol–water partition coefficient (Wildman–Crippen LogP) is 3.74. The summed E-state index contributed by atoms with van der Waals surface area (Å²) in [5.74, 6) is -0.442. The van der Waals surface area contributed by atoms with Crippen LogP contribution < -0.4 is 15.4 Å². The lowest BCUT2D eigenvalue weighted by molar-refractivity contribution is -0.385. The van der Waals surface area contributed by atoms with Crippen molar-refractivity contribution in [2.24, 2.45) is 0 Å². The number of hydrogen-bond donors (Lipinski definition) is 2. The summed E-state index contributed by atoms with van der Waals surface area (Å²) in [4.78, 5) is 36.0. The molecule has 0 spiro atoms. The van der Waals surface area contributed by atoms with E-state index in [-0.39, 0.29) is 29.7 Å². The first-order valence-electron chi connectivity index (χ1n) is 9.71. The third-order valence-electron chi connectivity index (χ3n) is 4.31. The molecule has 1 heterocycles. The van der Waals surface area contributed by atoms with Crippen LogP contribution in [-0.4, -0.2) is 29.6 Å². The SMILES string of the molecule is CCCCC1=C(C(=O)OC(C)C)C(c2ccc(OCC)c([N+](=O)[O-])c2)NC(=O)N1. The van der Waals surface area contributed by atoms with Crippen LogP contribution in [0.4, 0.5) is 10.5 Å².